The number of nitrogens with zero attached hydrogens (tertiary/aromatic N) is 1. The van der Waals surface area contributed by atoms with Gasteiger partial charge in [0.05, 0.1) is 0 Å². The molecule has 0 bridgehead atoms. The second kappa shape index (κ2) is 8.37. The van der Waals surface area contributed by atoms with Crippen molar-refractivity contribution in [3.8, 4) is 0 Å². The van der Waals surface area contributed by atoms with E-state index in [1.165, 1.54) is 11.1 Å². The minimum atomic E-state index is -0.145. The molecule has 136 valence electrons. The van der Waals surface area contributed by atoms with Gasteiger partial charge in [-0.1, -0.05) is 29.3 Å². The summed E-state index contributed by atoms with van der Waals surface area (Å²) in [7, 11) is 0. The van der Waals surface area contributed by atoms with Gasteiger partial charge in [0.1, 0.15) is 0 Å². The maximum Gasteiger partial charge on any atom is 0.251 e. The van der Waals surface area contributed by atoms with Crippen molar-refractivity contribution in [1.82, 2.24) is 5.32 Å². The third-order valence-electron chi connectivity index (χ3n) is 4.61. The molecule has 0 radical (unpaired) electrons. The first-order valence-corrected chi connectivity index (χ1v) is 9.36. The quantitative estimate of drug-likeness (QED) is 0.804. The molecule has 0 aromatic heterocycles. The van der Waals surface area contributed by atoms with Crippen LogP contribution in [-0.2, 0) is 11.2 Å². The van der Waals surface area contributed by atoms with Crippen molar-refractivity contribution in [3.63, 3.8) is 0 Å². The van der Waals surface area contributed by atoms with E-state index in [1.807, 2.05) is 11.0 Å². The summed E-state index contributed by atoms with van der Waals surface area (Å²) in [5, 5.41) is 3.45. The summed E-state index contributed by atoms with van der Waals surface area (Å²) in [6.07, 6.45) is 3.07. The highest BCUT2D eigenvalue weighted by Gasteiger charge is 2.22. The summed E-state index contributed by atoms with van der Waals surface area (Å²) in [5.74, 6) is -0.0246. The van der Waals surface area contributed by atoms with Crippen molar-refractivity contribution in [2.24, 2.45) is 0 Å². The number of fused-ring (bicyclic) bond motifs is 1. The summed E-state index contributed by atoms with van der Waals surface area (Å²) in [4.78, 5) is 26.5. The van der Waals surface area contributed by atoms with E-state index in [9.17, 15) is 9.59 Å². The Kier molecular flexibility index (Phi) is 5.94. The molecule has 26 heavy (non-hydrogen) atoms. The molecule has 0 saturated carbocycles. The molecular weight excluding hydrogens is 348 g/mol. The second-order valence-electron chi connectivity index (χ2n) is 6.65. The van der Waals surface area contributed by atoms with Gasteiger partial charge in [0.2, 0.25) is 5.91 Å². The van der Waals surface area contributed by atoms with Gasteiger partial charge in [0.25, 0.3) is 5.91 Å². The highest BCUT2D eigenvalue weighted by Crippen LogP contribution is 2.28. The molecule has 1 heterocycles. The van der Waals surface area contributed by atoms with Crippen LogP contribution in [-0.4, -0.2) is 24.9 Å². The van der Waals surface area contributed by atoms with Gasteiger partial charge in [-0.05, 0) is 62.1 Å². The third-order valence-corrected chi connectivity index (χ3v) is 4.87. The van der Waals surface area contributed by atoms with E-state index in [2.05, 4.69) is 24.4 Å². The largest absolute Gasteiger partial charge is 0.352 e. The maximum absolute atomic E-state index is 12.6. The number of anilines is 1. The molecule has 1 N–H and O–H groups in total. The predicted octanol–water partition coefficient (Wildman–Crippen LogP) is 4.14. The van der Waals surface area contributed by atoms with Gasteiger partial charge in [0.15, 0.2) is 0 Å². The molecule has 0 fully saturated rings. The molecule has 0 atom stereocenters. The lowest BCUT2D eigenvalue weighted by atomic mass is 9.99. The number of hydrogen-bond acceptors (Lipinski definition) is 2. The molecule has 0 aliphatic carbocycles. The van der Waals surface area contributed by atoms with Gasteiger partial charge in [-0.2, -0.15) is 0 Å². The smallest absolute Gasteiger partial charge is 0.251 e. The normalized spacial score (nSPS) is 13.2. The summed E-state index contributed by atoms with van der Waals surface area (Å²) in [6, 6.07) is 13.0. The van der Waals surface area contributed by atoms with E-state index >= 15 is 0 Å². The number of nitrogens with one attached hydrogen (secondary N) is 1. The van der Waals surface area contributed by atoms with E-state index in [0.717, 1.165) is 25.1 Å². The lowest BCUT2D eigenvalue weighted by Crippen LogP contribution is -2.36. The van der Waals surface area contributed by atoms with Crippen molar-refractivity contribution in [2.75, 3.05) is 18.0 Å². The summed E-state index contributed by atoms with van der Waals surface area (Å²) >= 11 is 5.82. The molecule has 3 rings (SSSR count). The average molecular weight is 371 g/mol. The Bertz CT molecular complexity index is 802. The molecular formula is C21H23ClN2O2. The minimum absolute atomic E-state index is 0.121. The van der Waals surface area contributed by atoms with Crippen LogP contribution >= 0.6 is 11.6 Å². The highest BCUT2D eigenvalue weighted by molar-refractivity contribution is 6.30. The lowest BCUT2D eigenvalue weighted by Gasteiger charge is -2.30. The SMILES string of the molecule is Cc1ccc2c(c1)CCCN2C(=O)CCCNC(=O)c1ccc(Cl)cc1. The highest BCUT2D eigenvalue weighted by atomic mass is 35.5. The van der Waals surface area contributed by atoms with E-state index in [1.54, 1.807) is 24.3 Å². The van der Waals surface area contributed by atoms with Crippen LogP contribution in [0.2, 0.25) is 5.02 Å². The topological polar surface area (TPSA) is 49.4 Å². The predicted molar refractivity (Wildman–Crippen MR) is 105 cm³/mol. The number of carbonyl (C=O) groups is 2. The molecule has 5 heteroatoms. The number of benzene rings is 2. The van der Waals surface area contributed by atoms with Crippen molar-refractivity contribution in [2.45, 2.75) is 32.6 Å². The summed E-state index contributed by atoms with van der Waals surface area (Å²) in [5.41, 5.74) is 4.08. The van der Waals surface area contributed by atoms with E-state index in [0.29, 0.717) is 30.0 Å². The number of rotatable bonds is 5. The van der Waals surface area contributed by atoms with Crippen molar-refractivity contribution < 1.29 is 9.59 Å². The van der Waals surface area contributed by atoms with Gasteiger partial charge < -0.3 is 10.2 Å². The standard InChI is InChI=1S/C21H23ClN2O2/c1-15-6-11-19-17(14-15)4-3-13-24(19)20(25)5-2-12-23-21(26)16-7-9-18(22)10-8-16/h6-11,14H,2-5,12-13H2,1H3,(H,23,26). The maximum atomic E-state index is 12.6. The molecule has 0 saturated heterocycles. The zero-order chi connectivity index (χ0) is 18.5. The van der Waals surface area contributed by atoms with Crippen LogP contribution in [0.25, 0.3) is 0 Å². The number of aryl methyl sites for hydroxylation is 2. The van der Waals surface area contributed by atoms with Gasteiger partial charge in [-0.3, -0.25) is 9.59 Å². The van der Waals surface area contributed by atoms with Gasteiger partial charge in [-0.15, -0.1) is 0 Å². The Morgan fingerprint density at radius 2 is 1.92 bits per heavy atom. The minimum Gasteiger partial charge on any atom is -0.352 e. The summed E-state index contributed by atoms with van der Waals surface area (Å²) < 4.78 is 0. The Morgan fingerprint density at radius 1 is 1.15 bits per heavy atom. The number of hydrogen-bond donors (Lipinski definition) is 1. The monoisotopic (exact) mass is 370 g/mol. The molecule has 4 nitrogen and oxygen atoms in total. The van der Waals surface area contributed by atoms with Gasteiger partial charge in [0, 0.05) is 35.8 Å². The number of halogens is 1. The Morgan fingerprint density at radius 3 is 2.69 bits per heavy atom. The van der Waals surface area contributed by atoms with Crippen LogP contribution in [0.4, 0.5) is 5.69 Å². The van der Waals surface area contributed by atoms with Crippen molar-refractivity contribution in [3.05, 3.63) is 64.2 Å². The second-order valence-corrected chi connectivity index (χ2v) is 7.08. The number of amides is 2. The van der Waals surface area contributed by atoms with Crippen molar-refractivity contribution in [1.29, 1.82) is 0 Å². The lowest BCUT2D eigenvalue weighted by molar-refractivity contribution is -0.118. The van der Waals surface area contributed by atoms with Crippen LogP contribution < -0.4 is 10.2 Å². The molecule has 1 aliphatic rings. The Hall–Kier alpha value is -2.33. The Balaban J connectivity index is 1.49. The fourth-order valence-corrected chi connectivity index (χ4v) is 3.39. The zero-order valence-corrected chi connectivity index (χ0v) is 15.7. The first-order valence-electron chi connectivity index (χ1n) is 8.98. The van der Waals surface area contributed by atoms with Crippen molar-refractivity contribution >= 4 is 29.1 Å². The van der Waals surface area contributed by atoms with Crippen LogP contribution in [0.3, 0.4) is 0 Å². The van der Waals surface area contributed by atoms with Crippen LogP contribution in [0, 0.1) is 6.92 Å². The van der Waals surface area contributed by atoms with Crippen LogP contribution in [0.5, 0.6) is 0 Å². The molecule has 1 aliphatic heterocycles. The summed E-state index contributed by atoms with van der Waals surface area (Å²) in [6.45, 7) is 3.32. The fourth-order valence-electron chi connectivity index (χ4n) is 3.26. The average Bonchev–Trinajstić information content (AvgIpc) is 2.64. The van der Waals surface area contributed by atoms with Gasteiger partial charge in [-0.25, -0.2) is 0 Å². The molecule has 2 amide bonds. The van der Waals surface area contributed by atoms with E-state index < -0.39 is 0 Å². The van der Waals surface area contributed by atoms with E-state index in [-0.39, 0.29) is 11.8 Å². The number of carbonyl (C=O) groups excluding carboxylic acids is 2. The third kappa shape index (κ3) is 4.44. The first kappa shape index (κ1) is 18.5. The van der Waals surface area contributed by atoms with Crippen LogP contribution in [0.15, 0.2) is 42.5 Å². The molecule has 0 unspecified atom stereocenters. The molecule has 2 aromatic rings. The molecule has 0 spiro atoms. The zero-order valence-electron chi connectivity index (χ0n) is 14.9. The van der Waals surface area contributed by atoms with E-state index in [4.69, 9.17) is 11.6 Å². The fraction of sp³-hybridized carbons (Fsp3) is 0.333. The van der Waals surface area contributed by atoms with Gasteiger partial charge >= 0.3 is 0 Å². The Labute approximate surface area is 159 Å². The first-order chi connectivity index (χ1) is 12.5. The molecule has 2 aromatic carbocycles. The van der Waals surface area contributed by atoms with Crippen LogP contribution in [0.1, 0.15) is 40.7 Å².